The lowest BCUT2D eigenvalue weighted by Gasteiger charge is -2.39. The van der Waals surface area contributed by atoms with Crippen molar-refractivity contribution >= 4 is 32.6 Å². The molecule has 0 N–H and O–H groups in total. The fraction of sp³-hybridized carbons (Fsp3) is 0.467. The second kappa shape index (κ2) is 5.52. The molecular weight excluding hydrogens is 286 g/mol. The molecule has 1 aromatic heterocycles. The number of anilines is 1. The lowest BCUT2D eigenvalue weighted by molar-refractivity contribution is -0.133. The summed E-state index contributed by atoms with van der Waals surface area (Å²) in [6, 6.07) is 5.99. The van der Waals surface area contributed by atoms with Crippen LogP contribution in [0.1, 0.15) is 6.92 Å². The van der Waals surface area contributed by atoms with Crippen LogP contribution in [0.5, 0.6) is 5.75 Å². The first kappa shape index (κ1) is 14.1. The first-order valence-corrected chi connectivity index (χ1v) is 7.90. The summed E-state index contributed by atoms with van der Waals surface area (Å²) < 4.78 is 6.74. The third-order valence-electron chi connectivity index (χ3n) is 3.61. The Kier molecular flexibility index (Phi) is 3.71. The molecule has 0 bridgehead atoms. The molecule has 2 aromatic rings. The van der Waals surface area contributed by atoms with E-state index in [9.17, 15) is 4.79 Å². The van der Waals surface area contributed by atoms with E-state index in [1.165, 1.54) is 0 Å². The largest absolute Gasteiger partial charge is 0.492 e. The Bertz CT molecular complexity index is 662. The van der Waals surface area contributed by atoms with Crippen molar-refractivity contribution in [1.82, 2.24) is 9.88 Å². The molecule has 112 valence electrons. The molecule has 1 amide bonds. The van der Waals surface area contributed by atoms with Crippen LogP contribution >= 0.6 is 11.3 Å². The number of para-hydroxylation sites is 1. The van der Waals surface area contributed by atoms with Gasteiger partial charge in [-0.25, -0.2) is 4.98 Å². The maximum Gasteiger partial charge on any atom is 0.228 e. The van der Waals surface area contributed by atoms with Crippen molar-refractivity contribution in [3.63, 3.8) is 0 Å². The predicted molar refractivity (Wildman–Crippen MR) is 85.2 cm³/mol. The van der Waals surface area contributed by atoms with E-state index < -0.39 is 0 Å². The summed E-state index contributed by atoms with van der Waals surface area (Å²) in [6.07, 6.45) is 0. The van der Waals surface area contributed by atoms with Gasteiger partial charge in [-0.15, -0.1) is 0 Å². The maximum atomic E-state index is 11.9. The highest BCUT2D eigenvalue weighted by Crippen LogP contribution is 2.36. The minimum Gasteiger partial charge on any atom is -0.492 e. The zero-order chi connectivity index (χ0) is 15.0. The van der Waals surface area contributed by atoms with Crippen molar-refractivity contribution in [2.45, 2.75) is 6.92 Å². The lowest BCUT2D eigenvalue weighted by Crippen LogP contribution is -2.53. The highest BCUT2D eigenvalue weighted by Gasteiger charge is 2.35. The molecule has 1 aliphatic heterocycles. The lowest BCUT2D eigenvalue weighted by atomic mass is 10.00. The molecule has 0 atom stereocenters. The molecule has 0 saturated carbocycles. The summed E-state index contributed by atoms with van der Waals surface area (Å²) in [5.41, 5.74) is 0.918. The van der Waals surface area contributed by atoms with Crippen LogP contribution in [0, 0.1) is 5.92 Å². The van der Waals surface area contributed by atoms with Crippen molar-refractivity contribution < 1.29 is 9.53 Å². The van der Waals surface area contributed by atoms with Gasteiger partial charge in [0.1, 0.15) is 11.3 Å². The second-order valence-electron chi connectivity index (χ2n) is 5.37. The summed E-state index contributed by atoms with van der Waals surface area (Å²) in [7, 11) is 3.61. The quantitative estimate of drug-likeness (QED) is 0.869. The van der Waals surface area contributed by atoms with Crippen LogP contribution in [0.25, 0.3) is 10.2 Å². The molecule has 1 fully saturated rings. The molecule has 0 radical (unpaired) electrons. The Morgan fingerprint density at radius 2 is 2.24 bits per heavy atom. The molecule has 0 unspecified atom stereocenters. The first-order valence-electron chi connectivity index (χ1n) is 7.08. The zero-order valence-electron chi connectivity index (χ0n) is 12.5. The molecule has 1 aromatic carbocycles. The molecular formula is C15H19N3O2S. The van der Waals surface area contributed by atoms with Gasteiger partial charge in [-0.1, -0.05) is 17.4 Å². The van der Waals surface area contributed by atoms with Crippen LogP contribution in [0.2, 0.25) is 0 Å². The van der Waals surface area contributed by atoms with Crippen molar-refractivity contribution in [1.29, 1.82) is 0 Å². The van der Waals surface area contributed by atoms with E-state index in [-0.39, 0.29) is 11.8 Å². The monoisotopic (exact) mass is 305 g/mol. The third kappa shape index (κ3) is 2.55. The van der Waals surface area contributed by atoms with Gasteiger partial charge in [-0.3, -0.25) is 4.79 Å². The smallest absolute Gasteiger partial charge is 0.228 e. The Morgan fingerprint density at radius 3 is 2.90 bits per heavy atom. The summed E-state index contributed by atoms with van der Waals surface area (Å²) in [4.78, 5) is 20.4. The van der Waals surface area contributed by atoms with Gasteiger partial charge >= 0.3 is 0 Å². The molecule has 2 heterocycles. The Hall–Kier alpha value is -1.82. The molecule has 1 saturated heterocycles. The maximum absolute atomic E-state index is 11.9. The minimum atomic E-state index is 0.0957. The summed E-state index contributed by atoms with van der Waals surface area (Å²) in [5.74, 6) is 1.12. The minimum absolute atomic E-state index is 0.0957. The van der Waals surface area contributed by atoms with E-state index in [1.807, 2.05) is 19.1 Å². The molecule has 1 aliphatic rings. The van der Waals surface area contributed by atoms with Gasteiger partial charge in [0.25, 0.3) is 0 Å². The van der Waals surface area contributed by atoms with E-state index in [2.05, 4.69) is 16.0 Å². The average Bonchev–Trinajstić information content (AvgIpc) is 2.81. The highest BCUT2D eigenvalue weighted by molar-refractivity contribution is 7.22. The van der Waals surface area contributed by atoms with Crippen molar-refractivity contribution in [2.24, 2.45) is 5.92 Å². The van der Waals surface area contributed by atoms with E-state index in [1.54, 1.807) is 30.3 Å². The van der Waals surface area contributed by atoms with Gasteiger partial charge in [-0.2, -0.15) is 0 Å². The van der Waals surface area contributed by atoms with Crippen LogP contribution in [-0.4, -0.2) is 49.6 Å². The van der Waals surface area contributed by atoms with E-state index >= 15 is 0 Å². The van der Waals surface area contributed by atoms with Crippen LogP contribution in [0.4, 0.5) is 5.13 Å². The van der Waals surface area contributed by atoms with E-state index in [4.69, 9.17) is 4.74 Å². The number of carbonyl (C=O) groups excluding carboxylic acids is 1. The Balaban J connectivity index is 1.78. The fourth-order valence-corrected chi connectivity index (χ4v) is 3.48. The number of rotatable bonds is 4. The first-order chi connectivity index (χ1) is 10.1. The standard InChI is InChI=1S/C15H19N3O2S/c1-4-20-11-6-5-7-12-13(11)16-15(21-12)18-8-10(9-18)14(19)17(2)3/h5-7,10H,4,8-9H2,1-3H3. The van der Waals surface area contributed by atoms with Gasteiger partial charge in [0.2, 0.25) is 5.91 Å². The van der Waals surface area contributed by atoms with Crippen molar-refractivity contribution in [3.8, 4) is 5.75 Å². The summed E-state index contributed by atoms with van der Waals surface area (Å²) in [6.45, 7) is 4.11. The number of aromatic nitrogens is 1. The molecule has 0 aliphatic carbocycles. The summed E-state index contributed by atoms with van der Waals surface area (Å²) >= 11 is 1.65. The topological polar surface area (TPSA) is 45.7 Å². The van der Waals surface area contributed by atoms with Crippen LogP contribution in [0.3, 0.4) is 0 Å². The van der Waals surface area contributed by atoms with Gasteiger partial charge in [0, 0.05) is 27.2 Å². The number of fused-ring (bicyclic) bond motifs is 1. The number of benzene rings is 1. The predicted octanol–water partition coefficient (Wildman–Crippen LogP) is 2.22. The molecule has 21 heavy (non-hydrogen) atoms. The number of nitrogens with zero attached hydrogens (tertiary/aromatic N) is 3. The molecule has 5 nitrogen and oxygen atoms in total. The normalized spacial score (nSPS) is 15.1. The average molecular weight is 305 g/mol. The highest BCUT2D eigenvalue weighted by atomic mass is 32.1. The van der Waals surface area contributed by atoms with E-state index in [0.29, 0.717) is 6.61 Å². The third-order valence-corrected chi connectivity index (χ3v) is 4.69. The van der Waals surface area contributed by atoms with Crippen LogP contribution < -0.4 is 9.64 Å². The number of carbonyl (C=O) groups is 1. The second-order valence-corrected chi connectivity index (χ2v) is 6.38. The number of thiazole rings is 1. The zero-order valence-corrected chi connectivity index (χ0v) is 13.3. The fourth-order valence-electron chi connectivity index (χ4n) is 2.47. The van der Waals surface area contributed by atoms with E-state index in [0.717, 1.165) is 34.2 Å². The SMILES string of the molecule is CCOc1cccc2sc(N3CC(C(=O)N(C)C)C3)nc12. The van der Waals surface area contributed by atoms with Crippen LogP contribution in [0.15, 0.2) is 18.2 Å². The molecule has 6 heteroatoms. The molecule has 0 spiro atoms. The van der Waals surface area contributed by atoms with Crippen molar-refractivity contribution in [3.05, 3.63) is 18.2 Å². The van der Waals surface area contributed by atoms with Gasteiger partial charge in [-0.05, 0) is 19.1 Å². The van der Waals surface area contributed by atoms with Gasteiger partial charge < -0.3 is 14.5 Å². The van der Waals surface area contributed by atoms with Gasteiger partial charge in [0.05, 0.1) is 17.2 Å². The Morgan fingerprint density at radius 1 is 1.48 bits per heavy atom. The molecule has 3 rings (SSSR count). The van der Waals surface area contributed by atoms with Gasteiger partial charge in [0.15, 0.2) is 5.13 Å². The number of amides is 1. The number of hydrogen-bond donors (Lipinski definition) is 0. The Labute approximate surface area is 128 Å². The number of hydrogen-bond acceptors (Lipinski definition) is 5. The van der Waals surface area contributed by atoms with Crippen LogP contribution in [-0.2, 0) is 4.79 Å². The van der Waals surface area contributed by atoms with Crippen molar-refractivity contribution in [2.75, 3.05) is 38.7 Å². The number of ether oxygens (including phenoxy) is 1. The summed E-state index contributed by atoms with van der Waals surface area (Å²) in [5, 5.41) is 0.972.